The number of thiazole rings is 1. The molecular formula is C32H24F3N3O7S2. The predicted octanol–water partition coefficient (Wildman–Crippen LogP) is 5.45. The maximum Gasteiger partial charge on any atom is 0.416 e. The highest BCUT2D eigenvalue weighted by atomic mass is 32.2. The Kier molecular flexibility index (Phi) is 8.68. The molecule has 10 nitrogen and oxygen atoms in total. The van der Waals surface area contributed by atoms with Crippen molar-refractivity contribution in [3.8, 4) is 5.75 Å². The molecule has 6 rings (SSSR count). The van der Waals surface area contributed by atoms with E-state index >= 15 is 0 Å². The Hall–Kier alpha value is -4.89. The number of benzene rings is 3. The van der Waals surface area contributed by atoms with Crippen LogP contribution in [-0.4, -0.2) is 47.1 Å². The molecule has 3 heterocycles. The van der Waals surface area contributed by atoms with Gasteiger partial charge in [0.05, 0.1) is 34.4 Å². The van der Waals surface area contributed by atoms with Gasteiger partial charge in [0.2, 0.25) is 11.8 Å². The summed E-state index contributed by atoms with van der Waals surface area (Å²) < 4.78 is 50.2. The smallest absolute Gasteiger partial charge is 0.416 e. The Morgan fingerprint density at radius 2 is 1.72 bits per heavy atom. The molecule has 242 valence electrons. The summed E-state index contributed by atoms with van der Waals surface area (Å²) >= 11 is 1.98. The third-order valence-corrected chi connectivity index (χ3v) is 9.95. The molecule has 3 amide bonds. The molecular weight excluding hydrogens is 659 g/mol. The number of nitrogens with one attached hydrogen (secondary N) is 2. The maximum absolute atomic E-state index is 14.1. The van der Waals surface area contributed by atoms with Gasteiger partial charge in [-0.1, -0.05) is 47.4 Å². The molecule has 47 heavy (non-hydrogen) atoms. The van der Waals surface area contributed by atoms with Crippen LogP contribution in [0.2, 0.25) is 0 Å². The Balaban J connectivity index is 1.28. The molecule has 1 fully saturated rings. The van der Waals surface area contributed by atoms with Gasteiger partial charge in [-0.3, -0.25) is 19.2 Å². The second kappa shape index (κ2) is 12.7. The molecule has 1 saturated heterocycles. The number of imide groups is 1. The molecule has 2 N–H and O–H groups in total. The molecule has 0 unspecified atom stereocenters. The number of halogens is 3. The lowest BCUT2D eigenvalue weighted by Gasteiger charge is -2.30. The van der Waals surface area contributed by atoms with E-state index in [1.807, 2.05) is 0 Å². The number of carbonyl (C=O) groups excluding carboxylic acids is 4. The third kappa shape index (κ3) is 6.27. The summed E-state index contributed by atoms with van der Waals surface area (Å²) in [5, 5.41) is 1.91. The first kappa shape index (κ1) is 32.1. The van der Waals surface area contributed by atoms with Crippen LogP contribution in [-0.2, 0) is 25.3 Å². The molecule has 0 spiro atoms. The zero-order valence-corrected chi connectivity index (χ0v) is 26.0. The van der Waals surface area contributed by atoms with E-state index in [1.54, 1.807) is 31.2 Å². The first-order valence-electron chi connectivity index (χ1n) is 14.2. The van der Waals surface area contributed by atoms with Gasteiger partial charge in [0, 0.05) is 22.0 Å². The number of aromatic amines is 1. The Bertz CT molecular complexity index is 1940. The van der Waals surface area contributed by atoms with Gasteiger partial charge in [0.25, 0.3) is 5.91 Å². The summed E-state index contributed by atoms with van der Waals surface area (Å²) in [4.78, 5) is 69.1. The fraction of sp³-hybridized carbons (Fsp3) is 0.219. The number of nitrogens with zero attached hydrogens (tertiary/aromatic N) is 1. The fourth-order valence-electron chi connectivity index (χ4n) is 5.55. The molecule has 1 aromatic heterocycles. The zero-order valence-electron chi connectivity index (χ0n) is 24.3. The summed E-state index contributed by atoms with van der Waals surface area (Å²) in [7, 11) is 0. The molecule has 3 aromatic carbocycles. The molecule has 2 aliphatic rings. The van der Waals surface area contributed by atoms with E-state index in [4.69, 9.17) is 9.47 Å². The lowest BCUT2D eigenvalue weighted by Crippen LogP contribution is -2.32. The Labute approximate surface area is 272 Å². The number of aromatic nitrogens is 1. The quantitative estimate of drug-likeness (QED) is 0.185. The number of hydrogen-bond acceptors (Lipinski definition) is 9. The van der Waals surface area contributed by atoms with Crippen LogP contribution >= 0.6 is 23.1 Å². The molecule has 0 aliphatic carbocycles. The van der Waals surface area contributed by atoms with Crippen molar-refractivity contribution in [3.05, 3.63) is 104 Å². The van der Waals surface area contributed by atoms with Gasteiger partial charge in [0.15, 0.2) is 6.61 Å². The normalized spacial score (nSPS) is 18.8. The number of thioether (sulfide) groups is 1. The number of carbonyl (C=O) groups is 4. The van der Waals surface area contributed by atoms with Crippen molar-refractivity contribution in [1.82, 2.24) is 4.98 Å². The van der Waals surface area contributed by atoms with Crippen LogP contribution in [0, 0.1) is 5.92 Å². The zero-order chi connectivity index (χ0) is 33.5. The summed E-state index contributed by atoms with van der Waals surface area (Å²) in [5.74, 6) is -3.89. The number of alkyl halides is 3. The van der Waals surface area contributed by atoms with Crippen LogP contribution in [0.25, 0.3) is 0 Å². The lowest BCUT2D eigenvalue weighted by molar-refractivity contribution is -0.137. The highest BCUT2D eigenvalue weighted by molar-refractivity contribution is 8.00. The van der Waals surface area contributed by atoms with Gasteiger partial charge in [-0.25, -0.2) is 9.69 Å². The fourth-order valence-corrected chi connectivity index (χ4v) is 8.06. The standard InChI is InChI=1S/C32H24F3N3O7S2/c1-2-44-30(42)16-10-12-19(13-11-16)38-28(40)24-23(25-27(37-31(43)47-25)46-26(24)29(38)41)20-8-3-4-9-21(20)45-15-22(39)36-18-7-5-6-17(14-18)32(33,34)35/h3-14,23-24,26H,2,15H2,1H3,(H,36,39)(H,37,43)/t23-,24-,26+/m0/s1. The molecule has 15 heteroatoms. The van der Waals surface area contributed by atoms with Crippen molar-refractivity contribution in [2.75, 3.05) is 23.4 Å². The minimum Gasteiger partial charge on any atom is -0.483 e. The van der Waals surface area contributed by atoms with Gasteiger partial charge in [0.1, 0.15) is 11.0 Å². The van der Waals surface area contributed by atoms with Crippen molar-refractivity contribution in [2.45, 2.75) is 29.3 Å². The second-order valence-electron chi connectivity index (χ2n) is 10.5. The minimum absolute atomic E-state index is 0.0685. The number of para-hydroxylation sites is 1. The van der Waals surface area contributed by atoms with E-state index < -0.39 is 59.1 Å². The SMILES string of the molecule is CCOC(=O)c1ccc(N2C(=O)[C@H]3[C@H](c4ccccc4OCC(=O)Nc4cccc(C(F)(F)F)c4)c4sc(=O)[nH]c4S[C@H]3C2=O)cc1. The van der Waals surface area contributed by atoms with Crippen molar-refractivity contribution in [1.29, 1.82) is 0 Å². The Morgan fingerprint density at radius 3 is 2.45 bits per heavy atom. The van der Waals surface area contributed by atoms with E-state index in [1.165, 1.54) is 36.4 Å². The number of esters is 1. The van der Waals surface area contributed by atoms with Gasteiger partial charge < -0.3 is 19.8 Å². The highest BCUT2D eigenvalue weighted by Gasteiger charge is 2.56. The van der Waals surface area contributed by atoms with Crippen LogP contribution in [0.1, 0.15) is 39.2 Å². The van der Waals surface area contributed by atoms with Gasteiger partial charge in [-0.05, 0) is 55.5 Å². The second-order valence-corrected chi connectivity index (χ2v) is 12.6. The first-order valence-corrected chi connectivity index (χ1v) is 15.9. The lowest BCUT2D eigenvalue weighted by atomic mass is 9.82. The van der Waals surface area contributed by atoms with E-state index in [0.29, 0.717) is 15.5 Å². The predicted molar refractivity (Wildman–Crippen MR) is 167 cm³/mol. The summed E-state index contributed by atoms with van der Waals surface area (Å²) in [6, 6.07) is 16.6. The van der Waals surface area contributed by atoms with Crippen LogP contribution in [0.4, 0.5) is 24.5 Å². The van der Waals surface area contributed by atoms with Crippen LogP contribution in [0.15, 0.2) is 82.6 Å². The average molecular weight is 684 g/mol. The van der Waals surface area contributed by atoms with E-state index in [-0.39, 0.29) is 34.2 Å². The number of rotatable bonds is 8. The third-order valence-electron chi connectivity index (χ3n) is 7.55. The van der Waals surface area contributed by atoms with Crippen molar-refractivity contribution in [2.24, 2.45) is 5.92 Å². The largest absolute Gasteiger partial charge is 0.483 e. The average Bonchev–Trinajstić information content (AvgIpc) is 3.54. The van der Waals surface area contributed by atoms with Gasteiger partial charge in [-0.15, -0.1) is 0 Å². The number of hydrogen-bond donors (Lipinski definition) is 2. The molecule has 0 saturated carbocycles. The number of ether oxygens (including phenoxy) is 2. The van der Waals surface area contributed by atoms with Crippen molar-refractivity contribution < 1.29 is 41.8 Å². The summed E-state index contributed by atoms with van der Waals surface area (Å²) in [5.41, 5.74) is -0.0445. The van der Waals surface area contributed by atoms with Crippen molar-refractivity contribution >= 4 is 58.2 Å². The number of amides is 3. The van der Waals surface area contributed by atoms with Gasteiger partial charge in [-0.2, -0.15) is 13.2 Å². The molecule has 3 atom stereocenters. The van der Waals surface area contributed by atoms with E-state index in [0.717, 1.165) is 40.1 Å². The van der Waals surface area contributed by atoms with Gasteiger partial charge >= 0.3 is 17.0 Å². The van der Waals surface area contributed by atoms with Crippen LogP contribution < -0.4 is 19.8 Å². The van der Waals surface area contributed by atoms with Crippen LogP contribution in [0.3, 0.4) is 0 Å². The monoisotopic (exact) mass is 683 g/mol. The minimum atomic E-state index is -4.59. The maximum atomic E-state index is 14.1. The number of fused-ring (bicyclic) bond motifs is 2. The first-order chi connectivity index (χ1) is 22.5. The molecule has 0 radical (unpaired) electrons. The molecule has 0 bridgehead atoms. The summed E-state index contributed by atoms with van der Waals surface area (Å²) in [6.07, 6.45) is -4.59. The topological polar surface area (TPSA) is 135 Å². The van der Waals surface area contributed by atoms with E-state index in [2.05, 4.69) is 10.3 Å². The van der Waals surface area contributed by atoms with E-state index in [9.17, 15) is 37.1 Å². The van der Waals surface area contributed by atoms with Crippen molar-refractivity contribution in [3.63, 3.8) is 0 Å². The summed E-state index contributed by atoms with van der Waals surface area (Å²) in [6.45, 7) is 1.28. The number of anilines is 2. The molecule has 2 aliphatic heterocycles. The molecule has 4 aromatic rings. The number of H-pyrrole nitrogens is 1. The Morgan fingerprint density at radius 1 is 0.979 bits per heavy atom. The van der Waals surface area contributed by atoms with Crippen LogP contribution in [0.5, 0.6) is 5.75 Å². The highest BCUT2D eigenvalue weighted by Crippen LogP contribution is 2.54.